The number of carbonyl (C=O) groups excluding carboxylic acids is 1. The van der Waals surface area contributed by atoms with Crippen molar-refractivity contribution < 1.29 is 19.4 Å². The third kappa shape index (κ3) is 4.79. The largest absolute Gasteiger partial charge is 0.491 e. The first-order chi connectivity index (χ1) is 15.1. The minimum absolute atomic E-state index is 0.0645. The van der Waals surface area contributed by atoms with Crippen LogP contribution >= 0.6 is 0 Å². The Morgan fingerprint density at radius 2 is 1.58 bits per heavy atom. The van der Waals surface area contributed by atoms with Crippen LogP contribution in [0.5, 0.6) is 5.75 Å². The van der Waals surface area contributed by atoms with E-state index in [2.05, 4.69) is 4.90 Å². The average Bonchev–Trinajstić information content (AvgIpc) is 2.81. The van der Waals surface area contributed by atoms with Gasteiger partial charge in [-0.25, -0.2) is 0 Å². The van der Waals surface area contributed by atoms with Crippen molar-refractivity contribution in [3.8, 4) is 5.75 Å². The van der Waals surface area contributed by atoms with Gasteiger partial charge in [0.25, 0.3) is 5.91 Å². The molecule has 4 rings (SSSR count). The van der Waals surface area contributed by atoms with Crippen molar-refractivity contribution in [2.45, 2.75) is 12.8 Å². The molecule has 0 saturated carbocycles. The van der Waals surface area contributed by atoms with Crippen LogP contribution in [0.3, 0.4) is 0 Å². The van der Waals surface area contributed by atoms with Crippen LogP contribution in [0.15, 0.2) is 66.7 Å². The molecule has 0 spiro atoms. The van der Waals surface area contributed by atoms with Gasteiger partial charge >= 0.3 is 5.97 Å². The summed E-state index contributed by atoms with van der Waals surface area (Å²) in [5.41, 5.74) is 1.73. The van der Waals surface area contributed by atoms with E-state index in [1.54, 1.807) is 0 Å². The smallest absolute Gasteiger partial charge is 0.303 e. The van der Waals surface area contributed by atoms with E-state index in [0.29, 0.717) is 39.2 Å². The van der Waals surface area contributed by atoms with Gasteiger partial charge in [0.2, 0.25) is 0 Å². The monoisotopic (exact) mass is 418 g/mol. The Labute approximate surface area is 181 Å². The Bertz CT molecular complexity index is 1070. The van der Waals surface area contributed by atoms with Crippen molar-refractivity contribution >= 4 is 28.3 Å². The first kappa shape index (κ1) is 20.7. The van der Waals surface area contributed by atoms with Crippen LogP contribution in [0.4, 0.5) is 5.69 Å². The molecule has 0 atom stereocenters. The van der Waals surface area contributed by atoms with Gasteiger partial charge in [0.1, 0.15) is 5.75 Å². The highest BCUT2D eigenvalue weighted by molar-refractivity contribution is 6.07. The van der Waals surface area contributed by atoms with E-state index in [1.165, 1.54) is 0 Å². The number of anilines is 1. The van der Waals surface area contributed by atoms with Gasteiger partial charge in [-0.15, -0.1) is 0 Å². The van der Waals surface area contributed by atoms with E-state index < -0.39 is 5.97 Å². The highest BCUT2D eigenvalue weighted by atomic mass is 16.5. The molecule has 6 nitrogen and oxygen atoms in total. The van der Waals surface area contributed by atoms with Crippen LogP contribution < -0.4 is 9.64 Å². The highest BCUT2D eigenvalue weighted by Gasteiger charge is 2.24. The molecule has 31 heavy (non-hydrogen) atoms. The van der Waals surface area contributed by atoms with Crippen LogP contribution in [-0.4, -0.2) is 54.7 Å². The Balaban J connectivity index is 1.41. The van der Waals surface area contributed by atoms with Crippen molar-refractivity contribution in [1.29, 1.82) is 0 Å². The van der Waals surface area contributed by atoms with E-state index >= 15 is 0 Å². The standard InChI is InChI=1S/C25H26N2O4/c28-24(29)13-6-18-31-23-12-4-3-11-22(23)26-14-16-27(17-15-26)25(30)21-10-5-8-19-7-1-2-9-20(19)21/h1-5,7-12H,6,13-18H2,(H,28,29). The SMILES string of the molecule is O=C(O)CCCOc1ccccc1N1CCN(C(=O)c2cccc3ccccc23)CC1. The summed E-state index contributed by atoms with van der Waals surface area (Å²) in [5.74, 6) is 0.000225. The molecule has 3 aromatic carbocycles. The van der Waals surface area contributed by atoms with Gasteiger partial charge in [0, 0.05) is 38.2 Å². The zero-order valence-corrected chi connectivity index (χ0v) is 17.4. The topological polar surface area (TPSA) is 70.1 Å². The van der Waals surface area contributed by atoms with E-state index in [-0.39, 0.29) is 12.3 Å². The number of piperazine rings is 1. The van der Waals surface area contributed by atoms with Gasteiger partial charge in [0.15, 0.2) is 0 Å². The number of hydrogen-bond donors (Lipinski definition) is 1. The second-order valence-corrected chi connectivity index (χ2v) is 7.62. The summed E-state index contributed by atoms with van der Waals surface area (Å²) in [6.07, 6.45) is 0.564. The molecule has 1 amide bonds. The van der Waals surface area contributed by atoms with E-state index in [0.717, 1.165) is 27.8 Å². The number of nitrogens with zero attached hydrogens (tertiary/aromatic N) is 2. The maximum atomic E-state index is 13.2. The first-order valence-electron chi connectivity index (χ1n) is 10.6. The van der Waals surface area contributed by atoms with Crippen LogP contribution in [-0.2, 0) is 4.79 Å². The quantitative estimate of drug-likeness (QED) is 0.587. The molecule has 160 valence electrons. The number of fused-ring (bicyclic) bond motifs is 1. The van der Waals surface area contributed by atoms with Crippen molar-refractivity contribution in [3.63, 3.8) is 0 Å². The second-order valence-electron chi connectivity index (χ2n) is 7.62. The molecule has 1 N–H and O–H groups in total. The number of aliphatic carboxylic acids is 1. The summed E-state index contributed by atoms with van der Waals surface area (Å²) in [6, 6.07) is 21.6. The Hall–Kier alpha value is -3.54. The van der Waals surface area contributed by atoms with Crippen LogP contribution in [0.2, 0.25) is 0 Å². The molecule has 0 aliphatic carbocycles. The second kappa shape index (κ2) is 9.51. The number of para-hydroxylation sites is 2. The summed E-state index contributed by atoms with van der Waals surface area (Å²) >= 11 is 0. The van der Waals surface area contributed by atoms with Gasteiger partial charge in [0.05, 0.1) is 12.3 Å². The van der Waals surface area contributed by atoms with Crippen molar-refractivity contribution in [2.24, 2.45) is 0 Å². The average molecular weight is 418 g/mol. The van der Waals surface area contributed by atoms with Gasteiger partial charge in [-0.1, -0.05) is 48.5 Å². The maximum Gasteiger partial charge on any atom is 0.303 e. The zero-order valence-electron chi connectivity index (χ0n) is 17.4. The lowest BCUT2D eigenvalue weighted by molar-refractivity contribution is -0.137. The summed E-state index contributed by atoms with van der Waals surface area (Å²) < 4.78 is 5.85. The lowest BCUT2D eigenvalue weighted by atomic mass is 10.0. The van der Waals surface area contributed by atoms with E-state index in [1.807, 2.05) is 71.6 Å². The third-order valence-corrected chi connectivity index (χ3v) is 5.59. The van der Waals surface area contributed by atoms with Gasteiger partial charge in [-0.05, 0) is 35.4 Å². The molecule has 3 aromatic rings. The highest BCUT2D eigenvalue weighted by Crippen LogP contribution is 2.29. The van der Waals surface area contributed by atoms with Gasteiger partial charge < -0.3 is 19.6 Å². The maximum absolute atomic E-state index is 13.2. The molecule has 0 unspecified atom stereocenters. The predicted octanol–water partition coefficient (Wildman–Crippen LogP) is 4.05. The fourth-order valence-corrected chi connectivity index (χ4v) is 3.98. The number of hydrogen-bond acceptors (Lipinski definition) is 4. The summed E-state index contributed by atoms with van der Waals surface area (Å²) in [7, 11) is 0. The minimum Gasteiger partial charge on any atom is -0.491 e. The Kier molecular flexibility index (Phi) is 6.36. The fourth-order valence-electron chi connectivity index (χ4n) is 3.98. The molecule has 6 heteroatoms. The number of ether oxygens (including phenoxy) is 1. The fraction of sp³-hybridized carbons (Fsp3) is 0.280. The molecule has 1 heterocycles. The Morgan fingerprint density at radius 3 is 2.39 bits per heavy atom. The normalized spacial score (nSPS) is 13.9. The van der Waals surface area contributed by atoms with Crippen molar-refractivity contribution in [2.75, 3.05) is 37.7 Å². The summed E-state index contributed by atoms with van der Waals surface area (Å²) in [5, 5.41) is 10.8. The molecular weight excluding hydrogens is 392 g/mol. The van der Waals surface area contributed by atoms with Gasteiger partial charge in [-0.2, -0.15) is 0 Å². The number of carbonyl (C=O) groups is 2. The van der Waals surface area contributed by atoms with Crippen molar-refractivity contribution in [1.82, 2.24) is 4.90 Å². The molecule has 1 aliphatic rings. The number of carboxylic acid groups (broad SMARTS) is 1. The molecule has 1 saturated heterocycles. The van der Waals surface area contributed by atoms with E-state index in [4.69, 9.17) is 9.84 Å². The number of rotatable bonds is 7. The first-order valence-corrected chi connectivity index (χ1v) is 10.6. The van der Waals surface area contributed by atoms with Crippen LogP contribution in [0.1, 0.15) is 23.2 Å². The lowest BCUT2D eigenvalue weighted by Crippen LogP contribution is -2.49. The molecule has 1 aliphatic heterocycles. The van der Waals surface area contributed by atoms with E-state index in [9.17, 15) is 9.59 Å². The third-order valence-electron chi connectivity index (χ3n) is 5.59. The predicted molar refractivity (Wildman–Crippen MR) is 121 cm³/mol. The number of carboxylic acids is 1. The molecule has 0 bridgehead atoms. The zero-order chi connectivity index (χ0) is 21.6. The minimum atomic E-state index is -0.816. The molecular formula is C25H26N2O4. The molecule has 1 fully saturated rings. The van der Waals surface area contributed by atoms with Gasteiger partial charge in [-0.3, -0.25) is 9.59 Å². The molecule has 0 aromatic heterocycles. The number of amides is 1. The summed E-state index contributed by atoms with van der Waals surface area (Å²) in [4.78, 5) is 28.0. The van der Waals surface area contributed by atoms with Crippen LogP contribution in [0.25, 0.3) is 10.8 Å². The van der Waals surface area contributed by atoms with Crippen LogP contribution in [0, 0.1) is 0 Å². The molecule has 0 radical (unpaired) electrons. The lowest BCUT2D eigenvalue weighted by Gasteiger charge is -2.37. The summed E-state index contributed by atoms with van der Waals surface area (Å²) in [6.45, 7) is 3.06. The Morgan fingerprint density at radius 1 is 0.871 bits per heavy atom. The number of benzene rings is 3. The van der Waals surface area contributed by atoms with Crippen molar-refractivity contribution in [3.05, 3.63) is 72.3 Å².